The number of hydrogen-bond donors (Lipinski definition) is 1. The van der Waals surface area contributed by atoms with E-state index in [1.807, 2.05) is 6.26 Å². The average molecular weight is 243 g/mol. The first-order valence-electron chi connectivity index (χ1n) is 4.86. The van der Waals surface area contributed by atoms with E-state index in [2.05, 4.69) is 0 Å². The maximum Gasteiger partial charge on any atom is 0.340 e. The van der Waals surface area contributed by atoms with Gasteiger partial charge in [-0.2, -0.15) is 11.8 Å². The van der Waals surface area contributed by atoms with Crippen molar-refractivity contribution in [2.45, 2.75) is 6.42 Å². The van der Waals surface area contributed by atoms with Crippen molar-refractivity contribution in [3.63, 3.8) is 0 Å². The van der Waals surface area contributed by atoms with E-state index in [1.165, 1.54) is 12.1 Å². The summed E-state index contributed by atoms with van der Waals surface area (Å²) in [5, 5.41) is 0. The number of ether oxygens (including phenoxy) is 1. The standard InChI is InChI=1S/C11H14FNO2S/c1-16-6-2-5-15-11(14)9-7-8(12)3-4-10(9)13/h3-4,7H,2,5-6,13H2,1H3. The Hall–Kier alpha value is -1.23. The summed E-state index contributed by atoms with van der Waals surface area (Å²) in [5.74, 6) is -0.144. The van der Waals surface area contributed by atoms with Gasteiger partial charge >= 0.3 is 5.97 Å². The average Bonchev–Trinajstić information content (AvgIpc) is 2.27. The van der Waals surface area contributed by atoms with Gasteiger partial charge in [0.25, 0.3) is 0 Å². The number of nitrogen functional groups attached to an aromatic ring is 1. The number of nitrogens with two attached hydrogens (primary N) is 1. The first-order chi connectivity index (χ1) is 7.65. The van der Waals surface area contributed by atoms with Gasteiger partial charge in [-0.05, 0) is 36.6 Å². The maximum atomic E-state index is 12.9. The topological polar surface area (TPSA) is 52.3 Å². The van der Waals surface area contributed by atoms with E-state index in [1.54, 1.807) is 11.8 Å². The predicted molar refractivity (Wildman–Crippen MR) is 64.1 cm³/mol. The molecule has 1 aromatic carbocycles. The molecule has 0 atom stereocenters. The molecule has 0 spiro atoms. The molecule has 0 aliphatic heterocycles. The number of hydrogen-bond acceptors (Lipinski definition) is 4. The lowest BCUT2D eigenvalue weighted by Crippen LogP contribution is -2.10. The van der Waals surface area contributed by atoms with Crippen molar-refractivity contribution >= 4 is 23.4 Å². The minimum Gasteiger partial charge on any atom is -0.462 e. The maximum absolute atomic E-state index is 12.9. The van der Waals surface area contributed by atoms with E-state index in [0.717, 1.165) is 18.2 Å². The molecule has 1 aromatic rings. The van der Waals surface area contributed by atoms with Crippen LogP contribution in [0.3, 0.4) is 0 Å². The Morgan fingerprint density at radius 2 is 2.31 bits per heavy atom. The highest BCUT2D eigenvalue weighted by Crippen LogP contribution is 2.14. The SMILES string of the molecule is CSCCCOC(=O)c1cc(F)ccc1N. The minimum atomic E-state index is -0.571. The Bertz CT molecular complexity index is 371. The van der Waals surface area contributed by atoms with Crippen molar-refractivity contribution in [2.75, 3.05) is 24.3 Å². The summed E-state index contributed by atoms with van der Waals surface area (Å²) in [6.07, 6.45) is 2.76. The van der Waals surface area contributed by atoms with Crippen molar-refractivity contribution < 1.29 is 13.9 Å². The van der Waals surface area contributed by atoms with Crippen molar-refractivity contribution in [3.8, 4) is 0 Å². The molecular formula is C11H14FNO2S. The van der Waals surface area contributed by atoms with E-state index in [9.17, 15) is 9.18 Å². The lowest BCUT2D eigenvalue weighted by molar-refractivity contribution is 0.0507. The Balaban J connectivity index is 2.55. The van der Waals surface area contributed by atoms with Gasteiger partial charge < -0.3 is 10.5 Å². The van der Waals surface area contributed by atoms with Gasteiger partial charge in [-0.3, -0.25) is 0 Å². The number of carbonyl (C=O) groups excluding carboxylic acids is 1. The van der Waals surface area contributed by atoms with Gasteiger partial charge in [0.1, 0.15) is 5.82 Å². The molecule has 2 N–H and O–H groups in total. The molecule has 1 rings (SSSR count). The number of esters is 1. The van der Waals surface area contributed by atoms with Crippen molar-refractivity contribution in [1.29, 1.82) is 0 Å². The lowest BCUT2D eigenvalue weighted by atomic mass is 10.2. The molecule has 0 aliphatic rings. The first-order valence-corrected chi connectivity index (χ1v) is 6.25. The van der Waals surface area contributed by atoms with Crippen LogP contribution in [0.2, 0.25) is 0 Å². The number of halogens is 1. The fourth-order valence-corrected chi connectivity index (χ4v) is 1.56. The lowest BCUT2D eigenvalue weighted by Gasteiger charge is -2.06. The van der Waals surface area contributed by atoms with Gasteiger partial charge in [-0.25, -0.2) is 9.18 Å². The third-order valence-corrected chi connectivity index (χ3v) is 2.66. The van der Waals surface area contributed by atoms with Crippen LogP contribution in [-0.4, -0.2) is 24.6 Å². The summed E-state index contributed by atoms with van der Waals surface area (Å²) in [5.41, 5.74) is 5.87. The minimum absolute atomic E-state index is 0.0872. The van der Waals surface area contributed by atoms with Gasteiger partial charge in [0.2, 0.25) is 0 Å². The highest BCUT2D eigenvalue weighted by molar-refractivity contribution is 7.98. The molecule has 3 nitrogen and oxygen atoms in total. The third kappa shape index (κ3) is 3.73. The van der Waals surface area contributed by atoms with E-state index < -0.39 is 11.8 Å². The molecule has 88 valence electrons. The zero-order valence-corrected chi connectivity index (χ0v) is 9.85. The van der Waals surface area contributed by atoms with Gasteiger partial charge in [0, 0.05) is 5.69 Å². The molecule has 0 bridgehead atoms. The summed E-state index contributed by atoms with van der Waals surface area (Å²) in [6, 6.07) is 3.65. The molecule has 0 fully saturated rings. The normalized spacial score (nSPS) is 10.1. The zero-order valence-electron chi connectivity index (χ0n) is 9.03. The van der Waals surface area contributed by atoms with Crippen molar-refractivity contribution in [3.05, 3.63) is 29.6 Å². The summed E-state index contributed by atoms with van der Waals surface area (Å²) < 4.78 is 17.9. The molecule has 0 aliphatic carbocycles. The molecule has 0 radical (unpaired) electrons. The van der Waals surface area contributed by atoms with Crippen LogP contribution in [0.1, 0.15) is 16.8 Å². The van der Waals surface area contributed by atoms with Gasteiger partial charge in [0.05, 0.1) is 12.2 Å². The molecule has 0 amide bonds. The first kappa shape index (κ1) is 12.8. The number of carbonyl (C=O) groups is 1. The highest BCUT2D eigenvalue weighted by Gasteiger charge is 2.11. The van der Waals surface area contributed by atoms with Gasteiger partial charge in [-0.15, -0.1) is 0 Å². The third-order valence-electron chi connectivity index (χ3n) is 1.96. The quantitative estimate of drug-likeness (QED) is 0.490. The fraction of sp³-hybridized carbons (Fsp3) is 0.364. The van der Waals surface area contributed by atoms with Crippen LogP contribution in [0.4, 0.5) is 10.1 Å². The largest absolute Gasteiger partial charge is 0.462 e. The molecule has 0 heterocycles. The summed E-state index contributed by atoms with van der Waals surface area (Å²) in [7, 11) is 0. The predicted octanol–water partition coefficient (Wildman–Crippen LogP) is 2.32. The summed E-state index contributed by atoms with van der Waals surface area (Å²) >= 11 is 1.68. The second kappa shape index (κ2) is 6.37. The van der Waals surface area contributed by atoms with Crippen LogP contribution in [0.15, 0.2) is 18.2 Å². The van der Waals surface area contributed by atoms with E-state index in [4.69, 9.17) is 10.5 Å². The van der Waals surface area contributed by atoms with E-state index in [0.29, 0.717) is 6.61 Å². The number of rotatable bonds is 5. The van der Waals surface area contributed by atoms with Crippen molar-refractivity contribution in [1.82, 2.24) is 0 Å². The fourth-order valence-electron chi connectivity index (χ4n) is 1.15. The molecule has 0 saturated heterocycles. The number of anilines is 1. The summed E-state index contributed by atoms with van der Waals surface area (Å²) in [6.45, 7) is 0.329. The van der Waals surface area contributed by atoms with Crippen LogP contribution in [0, 0.1) is 5.82 Å². The number of benzene rings is 1. The molecule has 5 heteroatoms. The van der Waals surface area contributed by atoms with Crippen LogP contribution in [0.5, 0.6) is 0 Å². The van der Waals surface area contributed by atoms with E-state index >= 15 is 0 Å². The van der Waals surface area contributed by atoms with Crippen LogP contribution in [-0.2, 0) is 4.74 Å². The molecule has 0 aromatic heterocycles. The summed E-state index contributed by atoms with van der Waals surface area (Å²) in [4.78, 5) is 11.5. The zero-order chi connectivity index (χ0) is 12.0. The second-order valence-electron chi connectivity index (χ2n) is 3.21. The van der Waals surface area contributed by atoms with Crippen LogP contribution < -0.4 is 5.73 Å². The number of thioether (sulfide) groups is 1. The molecule has 0 saturated carbocycles. The van der Waals surface area contributed by atoms with Crippen LogP contribution >= 0.6 is 11.8 Å². The second-order valence-corrected chi connectivity index (χ2v) is 4.20. The smallest absolute Gasteiger partial charge is 0.340 e. The molecular weight excluding hydrogens is 229 g/mol. The molecule has 16 heavy (non-hydrogen) atoms. The van der Waals surface area contributed by atoms with Crippen molar-refractivity contribution in [2.24, 2.45) is 0 Å². The Morgan fingerprint density at radius 1 is 1.56 bits per heavy atom. The van der Waals surface area contributed by atoms with E-state index in [-0.39, 0.29) is 11.3 Å². The van der Waals surface area contributed by atoms with Crippen LogP contribution in [0.25, 0.3) is 0 Å². The van der Waals surface area contributed by atoms with Gasteiger partial charge in [-0.1, -0.05) is 0 Å². The monoisotopic (exact) mass is 243 g/mol. The Labute approximate surface area is 98.2 Å². The Morgan fingerprint density at radius 3 is 3.00 bits per heavy atom. The van der Waals surface area contributed by atoms with Gasteiger partial charge in [0.15, 0.2) is 0 Å². The Kier molecular flexibility index (Phi) is 5.11. The highest BCUT2D eigenvalue weighted by atomic mass is 32.2. The molecule has 0 unspecified atom stereocenters.